The van der Waals surface area contributed by atoms with Gasteiger partial charge in [0.15, 0.2) is 5.82 Å². The summed E-state index contributed by atoms with van der Waals surface area (Å²) in [7, 11) is 0. The van der Waals surface area contributed by atoms with E-state index in [1.54, 1.807) is 19.3 Å². The second-order valence-electron chi connectivity index (χ2n) is 5.03. The number of rotatable bonds is 2. The first-order valence-corrected chi connectivity index (χ1v) is 6.21. The predicted molar refractivity (Wildman–Crippen MR) is 68.1 cm³/mol. The van der Waals surface area contributed by atoms with Gasteiger partial charge >= 0.3 is 5.97 Å². The maximum atomic E-state index is 11.5. The molecule has 1 N–H and O–H groups in total. The summed E-state index contributed by atoms with van der Waals surface area (Å²) in [6, 6.07) is 0. The molecule has 1 unspecified atom stereocenters. The highest BCUT2D eigenvalue weighted by atomic mass is 16.4. The second-order valence-corrected chi connectivity index (χ2v) is 5.03. The molecule has 0 aromatic carbocycles. The molecule has 1 atom stereocenters. The number of carbonyl (C=O) groups is 1. The fraction of sp³-hybridized carbons (Fsp3) is 0.500. The number of carboxylic acid groups (broad SMARTS) is 1. The molecule has 0 radical (unpaired) electrons. The van der Waals surface area contributed by atoms with Crippen LogP contribution in [0.2, 0.25) is 0 Å². The highest BCUT2D eigenvalue weighted by molar-refractivity contribution is 5.85. The van der Waals surface area contributed by atoms with Gasteiger partial charge in [-0.1, -0.05) is 0 Å². The van der Waals surface area contributed by atoms with Gasteiger partial charge in [0.1, 0.15) is 11.4 Å². The number of hydrogen-bond donors (Lipinski definition) is 1. The third-order valence-corrected chi connectivity index (χ3v) is 3.84. The highest BCUT2D eigenvalue weighted by Gasteiger charge is 2.45. The number of aliphatic carboxylic acids is 1. The maximum absolute atomic E-state index is 11.5. The van der Waals surface area contributed by atoms with E-state index in [4.69, 9.17) is 0 Å². The maximum Gasteiger partial charge on any atom is 0.329 e. The van der Waals surface area contributed by atoms with Crippen LogP contribution in [0.25, 0.3) is 5.65 Å². The van der Waals surface area contributed by atoms with Gasteiger partial charge in [0, 0.05) is 18.9 Å². The van der Waals surface area contributed by atoms with Crippen molar-refractivity contribution in [2.75, 3.05) is 11.4 Å². The first-order valence-electron chi connectivity index (χ1n) is 6.21. The van der Waals surface area contributed by atoms with Gasteiger partial charge in [-0.2, -0.15) is 0 Å². The number of aromatic nitrogens is 4. The van der Waals surface area contributed by atoms with E-state index in [1.165, 1.54) is 0 Å². The summed E-state index contributed by atoms with van der Waals surface area (Å²) in [5.41, 5.74) is -0.316. The molecule has 3 heterocycles. The molecule has 3 rings (SSSR count). The lowest BCUT2D eigenvalue weighted by molar-refractivity contribution is -0.142. The zero-order valence-corrected chi connectivity index (χ0v) is 10.9. The largest absolute Gasteiger partial charge is 0.480 e. The predicted octanol–water partition coefficient (Wildman–Crippen LogP) is 0.876. The van der Waals surface area contributed by atoms with Gasteiger partial charge in [-0.05, 0) is 26.7 Å². The quantitative estimate of drug-likeness (QED) is 0.863. The van der Waals surface area contributed by atoms with Crippen LogP contribution in [0.5, 0.6) is 0 Å². The van der Waals surface area contributed by atoms with Crippen molar-refractivity contribution in [3.05, 3.63) is 18.2 Å². The normalized spacial score (nSPS) is 23.2. The first kappa shape index (κ1) is 11.9. The molecule has 0 amide bonds. The molecule has 1 fully saturated rings. The van der Waals surface area contributed by atoms with Gasteiger partial charge in [-0.25, -0.2) is 9.78 Å². The standard InChI is InChI=1S/C12H15N5O2/c1-8-14-15-10-9(13-5-7-16(8)10)17-6-3-4-12(17,2)11(18)19/h5,7H,3-4,6H2,1-2H3,(H,18,19). The Bertz CT molecular complexity index is 653. The van der Waals surface area contributed by atoms with E-state index in [1.807, 2.05) is 16.2 Å². The van der Waals surface area contributed by atoms with Gasteiger partial charge in [0.05, 0.1) is 0 Å². The number of anilines is 1. The summed E-state index contributed by atoms with van der Waals surface area (Å²) in [5.74, 6) is 0.519. The third kappa shape index (κ3) is 1.57. The van der Waals surface area contributed by atoms with Crippen LogP contribution in [0.1, 0.15) is 25.6 Å². The summed E-state index contributed by atoms with van der Waals surface area (Å²) < 4.78 is 1.82. The van der Waals surface area contributed by atoms with E-state index >= 15 is 0 Å². The summed E-state index contributed by atoms with van der Waals surface area (Å²) in [5, 5.41) is 17.6. The fourth-order valence-corrected chi connectivity index (χ4v) is 2.64. The average Bonchev–Trinajstić information content (AvgIpc) is 2.95. The zero-order chi connectivity index (χ0) is 13.6. The number of carboxylic acids is 1. The van der Waals surface area contributed by atoms with E-state index in [2.05, 4.69) is 15.2 Å². The molecule has 0 saturated carbocycles. The molecule has 1 saturated heterocycles. The fourth-order valence-electron chi connectivity index (χ4n) is 2.64. The Balaban J connectivity index is 2.17. The molecule has 19 heavy (non-hydrogen) atoms. The minimum absolute atomic E-state index is 0.588. The summed E-state index contributed by atoms with van der Waals surface area (Å²) in [6.07, 6.45) is 4.87. The Morgan fingerprint density at radius 1 is 1.47 bits per heavy atom. The van der Waals surface area contributed by atoms with E-state index in [0.29, 0.717) is 24.4 Å². The molecule has 1 aliphatic heterocycles. The van der Waals surface area contributed by atoms with E-state index in [-0.39, 0.29) is 0 Å². The van der Waals surface area contributed by atoms with Crippen molar-refractivity contribution in [2.45, 2.75) is 32.2 Å². The zero-order valence-electron chi connectivity index (χ0n) is 10.9. The monoisotopic (exact) mass is 261 g/mol. The molecular weight excluding hydrogens is 246 g/mol. The number of hydrogen-bond acceptors (Lipinski definition) is 5. The van der Waals surface area contributed by atoms with Crippen LogP contribution >= 0.6 is 0 Å². The molecule has 100 valence electrons. The molecular formula is C12H15N5O2. The third-order valence-electron chi connectivity index (χ3n) is 3.84. The van der Waals surface area contributed by atoms with Crippen LogP contribution in [-0.2, 0) is 4.79 Å². The topological polar surface area (TPSA) is 83.6 Å². The molecule has 0 spiro atoms. The van der Waals surface area contributed by atoms with E-state index in [0.717, 1.165) is 12.2 Å². The van der Waals surface area contributed by atoms with Crippen LogP contribution in [0.3, 0.4) is 0 Å². The van der Waals surface area contributed by atoms with E-state index in [9.17, 15) is 9.90 Å². The van der Waals surface area contributed by atoms with Gasteiger partial charge in [0.25, 0.3) is 0 Å². The van der Waals surface area contributed by atoms with Crippen LogP contribution in [0.15, 0.2) is 12.4 Å². The number of aryl methyl sites for hydroxylation is 1. The molecule has 7 nitrogen and oxygen atoms in total. The van der Waals surface area contributed by atoms with Gasteiger partial charge < -0.3 is 10.0 Å². The van der Waals surface area contributed by atoms with Crippen molar-refractivity contribution in [3.8, 4) is 0 Å². The van der Waals surface area contributed by atoms with Crippen molar-refractivity contribution in [1.29, 1.82) is 0 Å². The summed E-state index contributed by atoms with van der Waals surface area (Å²) >= 11 is 0. The second kappa shape index (κ2) is 3.91. The van der Waals surface area contributed by atoms with Crippen LogP contribution < -0.4 is 4.90 Å². The lowest BCUT2D eigenvalue weighted by Crippen LogP contribution is -2.48. The Morgan fingerprint density at radius 2 is 2.26 bits per heavy atom. The minimum atomic E-state index is -0.922. The lowest BCUT2D eigenvalue weighted by atomic mass is 9.99. The SMILES string of the molecule is Cc1nnc2c(N3CCCC3(C)C(=O)O)nccn12. The lowest BCUT2D eigenvalue weighted by Gasteiger charge is -2.31. The van der Waals surface area contributed by atoms with Crippen molar-refractivity contribution >= 4 is 17.4 Å². The molecule has 0 aliphatic carbocycles. The van der Waals surface area contributed by atoms with Crippen LogP contribution in [0, 0.1) is 6.92 Å². The van der Waals surface area contributed by atoms with Gasteiger partial charge in [0.2, 0.25) is 5.65 Å². The minimum Gasteiger partial charge on any atom is -0.480 e. The van der Waals surface area contributed by atoms with Crippen molar-refractivity contribution in [3.63, 3.8) is 0 Å². The molecule has 2 aromatic heterocycles. The van der Waals surface area contributed by atoms with E-state index < -0.39 is 11.5 Å². The number of fused-ring (bicyclic) bond motifs is 1. The molecule has 2 aromatic rings. The summed E-state index contributed by atoms with van der Waals surface area (Å²) in [4.78, 5) is 17.7. The molecule has 1 aliphatic rings. The first-order chi connectivity index (χ1) is 9.04. The van der Waals surface area contributed by atoms with Crippen LogP contribution in [0.4, 0.5) is 5.82 Å². The number of nitrogens with zero attached hydrogens (tertiary/aromatic N) is 5. The summed E-state index contributed by atoms with van der Waals surface area (Å²) in [6.45, 7) is 4.25. The van der Waals surface area contributed by atoms with Crippen LogP contribution in [-0.4, -0.2) is 42.7 Å². The van der Waals surface area contributed by atoms with Crippen molar-refractivity contribution in [2.24, 2.45) is 0 Å². The Hall–Kier alpha value is -2.18. The van der Waals surface area contributed by atoms with Gasteiger partial charge in [-0.3, -0.25) is 4.40 Å². The average molecular weight is 261 g/mol. The van der Waals surface area contributed by atoms with Crippen molar-refractivity contribution < 1.29 is 9.90 Å². The Morgan fingerprint density at radius 3 is 3.00 bits per heavy atom. The highest BCUT2D eigenvalue weighted by Crippen LogP contribution is 2.34. The molecule has 7 heteroatoms. The van der Waals surface area contributed by atoms with Gasteiger partial charge in [-0.15, -0.1) is 10.2 Å². The van der Waals surface area contributed by atoms with Crippen molar-refractivity contribution in [1.82, 2.24) is 19.6 Å². The Labute approximate surface area is 109 Å². The molecule has 0 bridgehead atoms. The Kier molecular flexibility index (Phi) is 2.44. The smallest absolute Gasteiger partial charge is 0.329 e.